The first-order valence-corrected chi connectivity index (χ1v) is 14.9. The predicted octanol–water partition coefficient (Wildman–Crippen LogP) is 1.31. The second-order valence-corrected chi connectivity index (χ2v) is 11.9. The largest absolute Gasteiger partial charge is 0.500 e. The van der Waals surface area contributed by atoms with Gasteiger partial charge in [0.25, 0.3) is 0 Å². The van der Waals surface area contributed by atoms with E-state index in [0.29, 0.717) is 19.0 Å². The minimum Gasteiger partial charge on any atom is -0.377 e. The lowest BCUT2D eigenvalue weighted by atomic mass is 9.96. The van der Waals surface area contributed by atoms with E-state index in [2.05, 4.69) is 10.6 Å². The van der Waals surface area contributed by atoms with Crippen molar-refractivity contribution in [1.82, 2.24) is 10.6 Å². The van der Waals surface area contributed by atoms with Gasteiger partial charge in [-0.05, 0) is 39.3 Å². The van der Waals surface area contributed by atoms with Crippen molar-refractivity contribution in [2.75, 3.05) is 47.3 Å². The van der Waals surface area contributed by atoms with Crippen molar-refractivity contribution in [1.29, 1.82) is 0 Å². The number of rotatable bonds is 15. The fourth-order valence-corrected chi connectivity index (χ4v) is 6.71. The van der Waals surface area contributed by atoms with Crippen molar-refractivity contribution in [2.45, 2.75) is 70.4 Å². The Hall–Kier alpha value is -0.536. The summed E-state index contributed by atoms with van der Waals surface area (Å²) in [6.07, 6.45) is 8.82. The van der Waals surface area contributed by atoms with Crippen LogP contribution < -0.4 is 16.4 Å². The third-order valence-corrected chi connectivity index (χ3v) is 9.37. The molecule has 0 bridgehead atoms. The SMILES string of the molecule is CCOC(OCC)[SiH2]CNC1CCCCC1.CO[Si](CCCNC(N)=O)(OC)OC. The summed E-state index contributed by atoms with van der Waals surface area (Å²) >= 11 is 0. The van der Waals surface area contributed by atoms with Crippen LogP contribution in [0.2, 0.25) is 6.04 Å². The molecule has 0 saturated heterocycles. The van der Waals surface area contributed by atoms with Gasteiger partial charge < -0.3 is 39.1 Å². The van der Waals surface area contributed by atoms with Gasteiger partial charge in [-0.2, -0.15) is 0 Å². The van der Waals surface area contributed by atoms with Gasteiger partial charge in [0.05, 0.1) is 0 Å². The highest BCUT2D eigenvalue weighted by molar-refractivity contribution is 6.60. The number of urea groups is 1. The normalized spacial score (nSPS) is 15.4. The molecule has 1 aliphatic rings. The molecule has 1 fully saturated rings. The second kappa shape index (κ2) is 19.2. The quantitative estimate of drug-likeness (QED) is 0.189. The number of nitrogens with one attached hydrogen (secondary N) is 2. The van der Waals surface area contributed by atoms with Crippen LogP contribution in [0.4, 0.5) is 4.79 Å². The molecule has 0 atom stereocenters. The molecule has 0 unspecified atom stereocenters. The molecule has 30 heavy (non-hydrogen) atoms. The summed E-state index contributed by atoms with van der Waals surface area (Å²) in [6.45, 7) is 6.10. The molecular weight excluding hydrogens is 422 g/mol. The number of primary amides is 1. The number of hydrogen-bond acceptors (Lipinski definition) is 7. The topological polar surface area (TPSA) is 113 Å². The number of ether oxygens (including phenoxy) is 2. The molecule has 0 aromatic heterocycles. The van der Waals surface area contributed by atoms with Crippen molar-refractivity contribution in [3.63, 3.8) is 0 Å². The number of hydrogen-bond donors (Lipinski definition) is 3. The summed E-state index contributed by atoms with van der Waals surface area (Å²) in [5, 5.41) is 6.16. The Morgan fingerprint density at radius 1 is 1.07 bits per heavy atom. The van der Waals surface area contributed by atoms with Gasteiger partial charge in [0.15, 0.2) is 0 Å². The standard InChI is InChI=1S/C12H27NO2Si.C7H18N2O4Si/c1-3-14-12(15-4-2)16-10-13-11-8-6-5-7-9-11;1-11-14(12-2,13-3)6-4-5-9-7(8)10/h11-13H,3-10,16H2,1-2H3;4-6H2,1-3H3,(H3,8,9,10). The van der Waals surface area contributed by atoms with Gasteiger partial charge in [0, 0.05) is 53.2 Å². The molecule has 1 rings (SSSR count). The molecule has 0 aromatic rings. The summed E-state index contributed by atoms with van der Waals surface area (Å²) in [6, 6.07) is 0.895. The summed E-state index contributed by atoms with van der Waals surface area (Å²) < 4.78 is 26.7. The van der Waals surface area contributed by atoms with Crippen LogP contribution in [-0.2, 0) is 22.8 Å². The molecule has 1 aliphatic carbocycles. The van der Waals surface area contributed by atoms with Crippen LogP contribution in [-0.4, -0.2) is 83.6 Å². The van der Waals surface area contributed by atoms with E-state index in [-0.39, 0.29) is 15.4 Å². The number of carbonyl (C=O) groups excluding carboxylic acids is 1. The molecule has 0 heterocycles. The molecule has 11 heteroatoms. The summed E-state index contributed by atoms with van der Waals surface area (Å²) in [4.78, 5) is 10.4. The van der Waals surface area contributed by atoms with E-state index in [9.17, 15) is 4.79 Å². The van der Waals surface area contributed by atoms with E-state index in [4.69, 9.17) is 28.5 Å². The highest BCUT2D eigenvalue weighted by Crippen LogP contribution is 2.17. The molecule has 0 radical (unpaired) electrons. The number of amides is 2. The van der Waals surface area contributed by atoms with Gasteiger partial charge in [-0.15, -0.1) is 0 Å². The number of nitrogens with two attached hydrogens (primary N) is 1. The minimum absolute atomic E-state index is 0.117. The van der Waals surface area contributed by atoms with Gasteiger partial charge >= 0.3 is 14.8 Å². The highest BCUT2D eigenvalue weighted by atomic mass is 28.4. The van der Waals surface area contributed by atoms with Crippen LogP contribution in [0, 0.1) is 0 Å². The van der Waals surface area contributed by atoms with Crippen molar-refractivity contribution < 1.29 is 27.5 Å². The maximum atomic E-state index is 10.4. The smallest absolute Gasteiger partial charge is 0.377 e. The van der Waals surface area contributed by atoms with E-state index in [0.717, 1.165) is 25.4 Å². The third-order valence-electron chi connectivity index (χ3n) is 5.02. The Labute approximate surface area is 186 Å². The molecule has 2 amide bonds. The average molecular weight is 468 g/mol. The van der Waals surface area contributed by atoms with Crippen LogP contribution in [0.25, 0.3) is 0 Å². The van der Waals surface area contributed by atoms with Crippen molar-refractivity contribution in [2.24, 2.45) is 5.73 Å². The monoisotopic (exact) mass is 467 g/mol. The van der Waals surface area contributed by atoms with Crippen LogP contribution in [0.5, 0.6) is 0 Å². The predicted molar refractivity (Wildman–Crippen MR) is 124 cm³/mol. The first-order valence-electron chi connectivity index (χ1n) is 11.1. The van der Waals surface area contributed by atoms with Gasteiger partial charge in [-0.25, -0.2) is 4.79 Å². The van der Waals surface area contributed by atoms with E-state index in [1.165, 1.54) is 32.1 Å². The minimum atomic E-state index is -2.48. The van der Waals surface area contributed by atoms with Crippen molar-refractivity contribution in [3.8, 4) is 0 Å². The zero-order valence-corrected chi connectivity index (χ0v) is 22.1. The van der Waals surface area contributed by atoms with E-state index >= 15 is 0 Å². The Morgan fingerprint density at radius 2 is 1.63 bits per heavy atom. The summed E-state index contributed by atoms with van der Waals surface area (Å²) in [5.41, 5.74) is 4.91. The molecule has 4 N–H and O–H groups in total. The Bertz CT molecular complexity index is 399. The average Bonchev–Trinajstić information content (AvgIpc) is 2.76. The molecular formula is C19H45N3O6Si2. The van der Waals surface area contributed by atoms with Gasteiger partial charge in [-0.3, -0.25) is 0 Å². The Morgan fingerprint density at radius 3 is 2.10 bits per heavy atom. The first kappa shape index (κ1) is 29.5. The fourth-order valence-electron chi connectivity index (χ4n) is 3.37. The lowest BCUT2D eigenvalue weighted by molar-refractivity contribution is -0.0828. The third kappa shape index (κ3) is 14.5. The Balaban J connectivity index is 0.000000567. The summed E-state index contributed by atoms with van der Waals surface area (Å²) in [5.74, 6) is 0.117. The molecule has 0 aromatic carbocycles. The van der Waals surface area contributed by atoms with Crippen LogP contribution in [0.1, 0.15) is 52.4 Å². The van der Waals surface area contributed by atoms with Crippen molar-refractivity contribution >= 4 is 24.4 Å². The second-order valence-electron chi connectivity index (χ2n) is 7.11. The van der Waals surface area contributed by atoms with Gasteiger partial charge in [0.1, 0.15) is 15.4 Å². The zero-order chi connectivity index (χ0) is 22.7. The number of carbonyl (C=O) groups is 1. The van der Waals surface area contributed by atoms with Crippen LogP contribution in [0.15, 0.2) is 0 Å². The van der Waals surface area contributed by atoms with Crippen LogP contribution >= 0.6 is 0 Å². The molecule has 1 saturated carbocycles. The molecule has 9 nitrogen and oxygen atoms in total. The van der Waals surface area contributed by atoms with Crippen molar-refractivity contribution in [3.05, 3.63) is 0 Å². The first-order chi connectivity index (χ1) is 14.5. The van der Waals surface area contributed by atoms with Crippen LogP contribution in [0.3, 0.4) is 0 Å². The molecule has 180 valence electrons. The Kier molecular flexibility index (Phi) is 18.8. The maximum Gasteiger partial charge on any atom is 0.500 e. The van der Waals surface area contributed by atoms with Gasteiger partial charge in [0.2, 0.25) is 0 Å². The molecule has 0 aliphatic heterocycles. The van der Waals surface area contributed by atoms with Gasteiger partial charge in [-0.1, -0.05) is 19.3 Å². The van der Waals surface area contributed by atoms with E-state index < -0.39 is 14.8 Å². The van der Waals surface area contributed by atoms with E-state index in [1.807, 2.05) is 13.8 Å². The fraction of sp³-hybridized carbons (Fsp3) is 0.947. The molecule has 0 spiro atoms. The highest BCUT2D eigenvalue weighted by Gasteiger charge is 2.36. The van der Waals surface area contributed by atoms with E-state index in [1.54, 1.807) is 21.3 Å². The maximum absolute atomic E-state index is 10.4. The zero-order valence-electron chi connectivity index (χ0n) is 19.7. The lowest BCUT2D eigenvalue weighted by Gasteiger charge is -2.24. The summed E-state index contributed by atoms with van der Waals surface area (Å²) in [7, 11) is 1.89. The lowest BCUT2D eigenvalue weighted by Crippen LogP contribution is -2.43.